The van der Waals surface area contributed by atoms with Crippen LogP contribution in [0, 0.1) is 0 Å². The highest BCUT2D eigenvalue weighted by atomic mass is 15.2. The summed E-state index contributed by atoms with van der Waals surface area (Å²) >= 11 is 0. The van der Waals surface area contributed by atoms with Gasteiger partial charge in [-0.3, -0.25) is 16.3 Å². The molecule has 3 N–H and O–H groups in total. The second-order valence-electron chi connectivity index (χ2n) is 4.80. The van der Waals surface area contributed by atoms with E-state index in [0.29, 0.717) is 6.04 Å². The van der Waals surface area contributed by atoms with E-state index in [1.807, 2.05) is 24.5 Å². The fraction of sp³-hybridized carbons (Fsp3) is 0.312. The number of nitrogens with zero attached hydrogens (tertiary/aromatic N) is 1. The molecule has 2 rings (SSSR count). The molecule has 0 bridgehead atoms. The fourth-order valence-corrected chi connectivity index (χ4v) is 2.24. The lowest BCUT2D eigenvalue weighted by atomic mass is 10.0. The highest BCUT2D eigenvalue weighted by Crippen LogP contribution is 2.10. The zero-order chi connectivity index (χ0) is 13.3. The van der Waals surface area contributed by atoms with Crippen LogP contribution in [0.15, 0.2) is 54.9 Å². The van der Waals surface area contributed by atoms with Crippen molar-refractivity contribution in [3.05, 3.63) is 66.0 Å². The summed E-state index contributed by atoms with van der Waals surface area (Å²) in [7, 11) is 0. The van der Waals surface area contributed by atoms with Crippen molar-refractivity contribution in [3.63, 3.8) is 0 Å². The van der Waals surface area contributed by atoms with Crippen LogP contribution in [-0.2, 0) is 12.8 Å². The van der Waals surface area contributed by atoms with Crippen molar-refractivity contribution in [1.29, 1.82) is 0 Å². The van der Waals surface area contributed by atoms with Gasteiger partial charge in [0, 0.05) is 18.4 Å². The molecule has 1 unspecified atom stereocenters. The average Bonchev–Trinajstić information content (AvgIpc) is 2.48. The van der Waals surface area contributed by atoms with Crippen molar-refractivity contribution >= 4 is 0 Å². The summed E-state index contributed by atoms with van der Waals surface area (Å²) in [5.41, 5.74) is 5.58. The molecular weight excluding hydrogens is 234 g/mol. The van der Waals surface area contributed by atoms with Crippen LogP contribution in [0.1, 0.15) is 24.0 Å². The Morgan fingerprint density at radius 3 is 2.42 bits per heavy atom. The van der Waals surface area contributed by atoms with Crippen LogP contribution in [0.2, 0.25) is 0 Å². The van der Waals surface area contributed by atoms with Crippen LogP contribution in [0.25, 0.3) is 0 Å². The van der Waals surface area contributed by atoms with Gasteiger partial charge in [0.1, 0.15) is 0 Å². The molecule has 19 heavy (non-hydrogen) atoms. The van der Waals surface area contributed by atoms with Gasteiger partial charge in [-0.1, -0.05) is 30.3 Å². The Bertz CT molecular complexity index is 456. The molecule has 0 fully saturated rings. The molecule has 0 radical (unpaired) electrons. The van der Waals surface area contributed by atoms with E-state index in [4.69, 9.17) is 5.84 Å². The number of hydrazine groups is 1. The third kappa shape index (κ3) is 4.81. The molecule has 0 aliphatic rings. The topological polar surface area (TPSA) is 50.9 Å². The van der Waals surface area contributed by atoms with Crippen molar-refractivity contribution in [2.75, 3.05) is 0 Å². The van der Waals surface area contributed by atoms with E-state index in [1.165, 1.54) is 11.1 Å². The highest BCUT2D eigenvalue weighted by molar-refractivity contribution is 5.15. The Morgan fingerprint density at radius 2 is 1.74 bits per heavy atom. The number of hydrogen-bond acceptors (Lipinski definition) is 3. The van der Waals surface area contributed by atoms with Crippen LogP contribution in [0.3, 0.4) is 0 Å². The molecule has 100 valence electrons. The van der Waals surface area contributed by atoms with E-state index in [-0.39, 0.29) is 0 Å². The zero-order valence-corrected chi connectivity index (χ0v) is 11.1. The lowest BCUT2D eigenvalue weighted by molar-refractivity contribution is 0.476. The monoisotopic (exact) mass is 255 g/mol. The second kappa shape index (κ2) is 7.67. The number of rotatable bonds is 7. The quantitative estimate of drug-likeness (QED) is 0.590. The van der Waals surface area contributed by atoms with Crippen molar-refractivity contribution < 1.29 is 0 Å². The molecule has 0 aliphatic heterocycles. The fourth-order valence-electron chi connectivity index (χ4n) is 2.24. The number of benzene rings is 1. The smallest absolute Gasteiger partial charge is 0.0270 e. The van der Waals surface area contributed by atoms with Crippen molar-refractivity contribution in [3.8, 4) is 0 Å². The first-order chi connectivity index (χ1) is 9.38. The van der Waals surface area contributed by atoms with Gasteiger partial charge in [-0.05, 0) is 48.9 Å². The molecule has 0 saturated heterocycles. The van der Waals surface area contributed by atoms with Gasteiger partial charge >= 0.3 is 0 Å². The first-order valence-corrected chi connectivity index (χ1v) is 6.77. The van der Waals surface area contributed by atoms with Crippen molar-refractivity contribution in [2.24, 2.45) is 5.84 Å². The van der Waals surface area contributed by atoms with E-state index < -0.39 is 0 Å². The molecule has 0 amide bonds. The van der Waals surface area contributed by atoms with Gasteiger partial charge in [-0.15, -0.1) is 0 Å². The van der Waals surface area contributed by atoms with Crippen LogP contribution < -0.4 is 11.3 Å². The number of aromatic nitrogens is 1. The van der Waals surface area contributed by atoms with Crippen LogP contribution in [0.4, 0.5) is 0 Å². The summed E-state index contributed by atoms with van der Waals surface area (Å²) in [5.74, 6) is 5.63. The summed E-state index contributed by atoms with van der Waals surface area (Å²) in [6.45, 7) is 0. The van der Waals surface area contributed by atoms with E-state index in [1.54, 1.807) is 0 Å². The Hall–Kier alpha value is -1.71. The Labute approximate surface area is 114 Å². The second-order valence-corrected chi connectivity index (χ2v) is 4.80. The van der Waals surface area contributed by atoms with Gasteiger partial charge in [0.2, 0.25) is 0 Å². The molecule has 1 aromatic heterocycles. The van der Waals surface area contributed by atoms with Gasteiger partial charge in [-0.25, -0.2) is 0 Å². The van der Waals surface area contributed by atoms with Gasteiger partial charge in [-0.2, -0.15) is 0 Å². The summed E-state index contributed by atoms with van der Waals surface area (Å²) < 4.78 is 0. The molecule has 0 saturated carbocycles. The molecule has 3 nitrogen and oxygen atoms in total. The molecule has 0 aliphatic carbocycles. The Morgan fingerprint density at radius 1 is 1.00 bits per heavy atom. The van der Waals surface area contributed by atoms with E-state index in [2.05, 4.69) is 40.7 Å². The predicted octanol–water partition coefficient (Wildman–Crippen LogP) is 2.48. The summed E-state index contributed by atoms with van der Waals surface area (Å²) in [6, 6.07) is 15.0. The largest absolute Gasteiger partial charge is 0.271 e. The minimum atomic E-state index is 0.325. The Kier molecular flexibility index (Phi) is 5.53. The average molecular weight is 255 g/mol. The number of aryl methyl sites for hydroxylation is 1. The SMILES string of the molecule is NNC(CCCc1ccccc1)Cc1ccncc1. The first-order valence-electron chi connectivity index (χ1n) is 6.77. The number of nitrogens with two attached hydrogens (primary N) is 1. The molecule has 1 heterocycles. The van der Waals surface area contributed by atoms with E-state index in [9.17, 15) is 0 Å². The maximum atomic E-state index is 5.63. The zero-order valence-electron chi connectivity index (χ0n) is 11.1. The molecule has 2 aromatic rings. The first kappa shape index (κ1) is 13.7. The molecule has 3 heteroatoms. The maximum absolute atomic E-state index is 5.63. The van der Waals surface area contributed by atoms with Crippen molar-refractivity contribution in [1.82, 2.24) is 10.4 Å². The summed E-state index contributed by atoms with van der Waals surface area (Å²) in [5, 5.41) is 0. The third-order valence-electron chi connectivity index (χ3n) is 3.33. The van der Waals surface area contributed by atoms with Gasteiger partial charge in [0.15, 0.2) is 0 Å². The summed E-state index contributed by atoms with van der Waals surface area (Å²) in [4.78, 5) is 4.03. The minimum Gasteiger partial charge on any atom is -0.271 e. The molecular formula is C16H21N3. The maximum Gasteiger partial charge on any atom is 0.0270 e. The van der Waals surface area contributed by atoms with Crippen LogP contribution >= 0.6 is 0 Å². The normalized spacial score (nSPS) is 12.3. The number of hydrogen-bond donors (Lipinski definition) is 2. The third-order valence-corrected chi connectivity index (χ3v) is 3.33. The van der Waals surface area contributed by atoms with E-state index >= 15 is 0 Å². The minimum absolute atomic E-state index is 0.325. The number of pyridine rings is 1. The van der Waals surface area contributed by atoms with E-state index in [0.717, 1.165) is 25.7 Å². The molecule has 0 spiro atoms. The standard InChI is InChI=1S/C16H21N3/c17-19-16(13-15-9-11-18-12-10-15)8-4-7-14-5-2-1-3-6-14/h1-3,5-6,9-12,16,19H,4,7-8,13,17H2. The number of nitrogens with one attached hydrogen (secondary N) is 1. The molecule has 1 atom stereocenters. The highest BCUT2D eigenvalue weighted by Gasteiger charge is 2.07. The van der Waals surface area contributed by atoms with Gasteiger partial charge < -0.3 is 0 Å². The predicted molar refractivity (Wildman–Crippen MR) is 78.4 cm³/mol. The molecule has 1 aromatic carbocycles. The lowest BCUT2D eigenvalue weighted by Gasteiger charge is -2.15. The summed E-state index contributed by atoms with van der Waals surface area (Å²) in [6.07, 6.45) is 7.93. The van der Waals surface area contributed by atoms with Crippen LogP contribution in [0.5, 0.6) is 0 Å². The van der Waals surface area contributed by atoms with Crippen molar-refractivity contribution in [2.45, 2.75) is 31.7 Å². The Balaban J connectivity index is 1.77. The van der Waals surface area contributed by atoms with Gasteiger partial charge in [0.05, 0.1) is 0 Å². The van der Waals surface area contributed by atoms with Gasteiger partial charge in [0.25, 0.3) is 0 Å². The lowest BCUT2D eigenvalue weighted by Crippen LogP contribution is -2.36. The van der Waals surface area contributed by atoms with Crippen LogP contribution in [-0.4, -0.2) is 11.0 Å².